The van der Waals surface area contributed by atoms with Crippen LogP contribution in [0.2, 0.25) is 0 Å². The molecule has 0 aliphatic carbocycles. The van der Waals surface area contributed by atoms with Crippen molar-refractivity contribution in [1.82, 2.24) is 0 Å². The second-order valence-corrected chi connectivity index (χ2v) is 8.36. The minimum Gasteiger partial charge on any atom is -0.451 e. The number of carbonyl (C=O) groups is 2. The third kappa shape index (κ3) is 5.24. The topological polar surface area (TPSA) is 55.4 Å². The van der Waals surface area contributed by atoms with Gasteiger partial charge in [-0.3, -0.25) is 4.79 Å². The molecule has 144 valence electrons. The summed E-state index contributed by atoms with van der Waals surface area (Å²) in [7, 11) is 0. The molecule has 0 fully saturated rings. The second-order valence-electron chi connectivity index (χ2n) is 6.11. The molecule has 0 saturated carbocycles. The predicted molar refractivity (Wildman–Crippen MR) is 114 cm³/mol. The molecule has 2 aromatic carbocycles. The number of rotatable bonds is 7. The summed E-state index contributed by atoms with van der Waals surface area (Å²) >= 11 is 2.98. The number of ether oxygens (including phenoxy) is 1. The molecule has 3 rings (SSSR count). The molecule has 0 aliphatic heterocycles. The van der Waals surface area contributed by atoms with Gasteiger partial charge in [-0.15, -0.1) is 11.3 Å². The smallest absolute Gasteiger partial charge is 0.348 e. The Labute approximate surface area is 172 Å². The van der Waals surface area contributed by atoms with Crippen molar-refractivity contribution in [2.24, 2.45) is 0 Å². The lowest BCUT2D eigenvalue weighted by molar-refractivity contribution is -0.119. The number of carbonyl (C=O) groups excluding carboxylic acids is 2. The maximum Gasteiger partial charge on any atom is 0.348 e. The first-order valence-corrected chi connectivity index (χ1v) is 10.6. The standard InChI is InChI=1S/C22H21NO3S2/c1-3-18-15(2)13-20(28-18)22(25)26-14-21(24)23-17-11-7-8-12-19(17)27-16-9-5-4-6-10-16/h4-13H,3,14H2,1-2H3,(H,23,24). The monoisotopic (exact) mass is 411 g/mol. The molecule has 0 saturated heterocycles. The predicted octanol–water partition coefficient (Wildman–Crippen LogP) is 5.57. The van der Waals surface area contributed by atoms with Gasteiger partial charge in [-0.1, -0.05) is 49.0 Å². The summed E-state index contributed by atoms with van der Waals surface area (Å²) in [6.07, 6.45) is 0.875. The van der Waals surface area contributed by atoms with Crippen molar-refractivity contribution in [1.29, 1.82) is 0 Å². The summed E-state index contributed by atoms with van der Waals surface area (Å²) in [6, 6.07) is 19.3. The van der Waals surface area contributed by atoms with Crippen molar-refractivity contribution >= 4 is 40.7 Å². The van der Waals surface area contributed by atoms with Crippen LogP contribution in [0.1, 0.15) is 27.0 Å². The zero-order valence-electron chi connectivity index (χ0n) is 15.7. The van der Waals surface area contributed by atoms with Crippen molar-refractivity contribution in [2.75, 3.05) is 11.9 Å². The lowest BCUT2D eigenvalue weighted by Crippen LogP contribution is -2.20. The summed E-state index contributed by atoms with van der Waals surface area (Å²) < 4.78 is 5.19. The molecule has 1 N–H and O–H groups in total. The van der Waals surface area contributed by atoms with E-state index in [-0.39, 0.29) is 12.5 Å². The fraction of sp³-hybridized carbons (Fsp3) is 0.182. The summed E-state index contributed by atoms with van der Waals surface area (Å²) in [5, 5.41) is 2.83. The lowest BCUT2D eigenvalue weighted by atomic mass is 10.2. The minimum absolute atomic E-state index is 0.318. The number of amides is 1. The Morgan fingerprint density at radius 1 is 1.07 bits per heavy atom. The van der Waals surface area contributed by atoms with Gasteiger partial charge in [0.05, 0.1) is 5.69 Å². The molecule has 3 aromatic rings. The van der Waals surface area contributed by atoms with E-state index < -0.39 is 5.97 Å². The molecule has 6 heteroatoms. The largest absolute Gasteiger partial charge is 0.451 e. The van der Waals surface area contributed by atoms with E-state index in [1.807, 2.05) is 74.5 Å². The SMILES string of the molecule is CCc1sc(C(=O)OCC(=O)Nc2ccccc2Sc2ccccc2)cc1C. The van der Waals surface area contributed by atoms with Crippen molar-refractivity contribution in [2.45, 2.75) is 30.1 Å². The van der Waals surface area contributed by atoms with E-state index in [1.54, 1.807) is 11.8 Å². The molecule has 0 unspecified atom stereocenters. The van der Waals surface area contributed by atoms with E-state index in [0.29, 0.717) is 10.6 Å². The summed E-state index contributed by atoms with van der Waals surface area (Å²) in [4.78, 5) is 28.2. The van der Waals surface area contributed by atoms with Crippen LogP contribution < -0.4 is 5.32 Å². The lowest BCUT2D eigenvalue weighted by Gasteiger charge is -2.11. The molecular weight excluding hydrogens is 390 g/mol. The number of aryl methyl sites for hydroxylation is 2. The fourth-order valence-corrected chi connectivity index (χ4v) is 4.56. The van der Waals surface area contributed by atoms with Crippen molar-refractivity contribution in [3.63, 3.8) is 0 Å². The quantitative estimate of drug-likeness (QED) is 0.517. The Balaban J connectivity index is 1.59. The third-order valence-electron chi connectivity index (χ3n) is 4.01. The number of thiophene rings is 1. The van der Waals surface area contributed by atoms with Crippen molar-refractivity contribution < 1.29 is 14.3 Å². The molecule has 0 bridgehead atoms. The van der Waals surface area contributed by atoms with Gasteiger partial charge in [-0.05, 0) is 49.2 Å². The van der Waals surface area contributed by atoms with Gasteiger partial charge in [0.2, 0.25) is 0 Å². The normalized spacial score (nSPS) is 10.5. The fourth-order valence-electron chi connectivity index (χ4n) is 2.63. The molecule has 0 aliphatic rings. The first-order valence-electron chi connectivity index (χ1n) is 8.95. The number of para-hydroxylation sites is 1. The van der Waals surface area contributed by atoms with Crippen LogP contribution in [0.15, 0.2) is 70.5 Å². The maximum atomic E-state index is 12.3. The maximum absolute atomic E-state index is 12.3. The Bertz CT molecular complexity index is 967. The highest BCUT2D eigenvalue weighted by Gasteiger charge is 2.15. The first-order chi connectivity index (χ1) is 13.6. The number of anilines is 1. The minimum atomic E-state index is -0.463. The average molecular weight is 412 g/mol. The van der Waals surface area contributed by atoms with Crippen molar-refractivity contribution in [3.8, 4) is 0 Å². The first kappa shape index (κ1) is 20.2. The number of nitrogens with one attached hydrogen (secondary N) is 1. The number of benzene rings is 2. The van der Waals surface area contributed by atoms with E-state index in [0.717, 1.165) is 26.7 Å². The van der Waals surface area contributed by atoms with Crippen LogP contribution in [0.25, 0.3) is 0 Å². The van der Waals surface area contributed by atoms with Crippen molar-refractivity contribution in [3.05, 3.63) is 76.0 Å². The molecular formula is C22H21NO3S2. The van der Waals surface area contributed by atoms with Gasteiger partial charge in [0.1, 0.15) is 4.88 Å². The molecule has 1 amide bonds. The molecule has 0 atom stereocenters. The molecule has 1 aromatic heterocycles. The van der Waals surface area contributed by atoms with Gasteiger partial charge in [-0.2, -0.15) is 0 Å². The average Bonchev–Trinajstić information content (AvgIpc) is 3.09. The van der Waals surface area contributed by atoms with E-state index in [2.05, 4.69) is 5.32 Å². The van der Waals surface area contributed by atoms with E-state index in [1.165, 1.54) is 11.3 Å². The zero-order chi connectivity index (χ0) is 19.9. The summed E-state index contributed by atoms with van der Waals surface area (Å²) in [5.74, 6) is -0.826. The van der Waals surface area contributed by atoms with E-state index in [4.69, 9.17) is 4.74 Å². The Morgan fingerprint density at radius 2 is 1.79 bits per heavy atom. The molecule has 1 heterocycles. The van der Waals surface area contributed by atoms with Crippen LogP contribution in [0.4, 0.5) is 5.69 Å². The van der Waals surface area contributed by atoms with Crippen LogP contribution >= 0.6 is 23.1 Å². The summed E-state index contributed by atoms with van der Waals surface area (Å²) in [6.45, 7) is 3.70. The second kappa shape index (κ2) is 9.57. The number of esters is 1. The van der Waals surface area contributed by atoms with Crippen LogP contribution in [-0.2, 0) is 16.0 Å². The highest BCUT2D eigenvalue weighted by atomic mass is 32.2. The number of hydrogen-bond donors (Lipinski definition) is 1. The van der Waals surface area contributed by atoms with Gasteiger partial charge >= 0.3 is 5.97 Å². The summed E-state index contributed by atoms with van der Waals surface area (Å²) in [5.41, 5.74) is 1.77. The van der Waals surface area contributed by atoms with Gasteiger partial charge < -0.3 is 10.1 Å². The molecule has 28 heavy (non-hydrogen) atoms. The van der Waals surface area contributed by atoms with Gasteiger partial charge in [0.15, 0.2) is 6.61 Å². The van der Waals surface area contributed by atoms with Crippen LogP contribution in [0.3, 0.4) is 0 Å². The molecule has 4 nitrogen and oxygen atoms in total. The van der Waals surface area contributed by atoms with E-state index >= 15 is 0 Å². The van der Waals surface area contributed by atoms with Crippen LogP contribution in [-0.4, -0.2) is 18.5 Å². The third-order valence-corrected chi connectivity index (χ3v) is 6.45. The molecule has 0 radical (unpaired) electrons. The highest BCUT2D eigenvalue weighted by molar-refractivity contribution is 7.99. The highest BCUT2D eigenvalue weighted by Crippen LogP contribution is 2.33. The van der Waals surface area contributed by atoms with E-state index in [9.17, 15) is 9.59 Å². The van der Waals surface area contributed by atoms with Gasteiger partial charge in [0, 0.05) is 14.7 Å². The zero-order valence-corrected chi connectivity index (χ0v) is 17.4. The van der Waals surface area contributed by atoms with Crippen LogP contribution in [0.5, 0.6) is 0 Å². The Morgan fingerprint density at radius 3 is 2.50 bits per heavy atom. The van der Waals surface area contributed by atoms with Gasteiger partial charge in [-0.25, -0.2) is 4.79 Å². The Kier molecular flexibility index (Phi) is 6.90. The number of hydrogen-bond acceptors (Lipinski definition) is 5. The molecule has 0 spiro atoms. The Hall–Kier alpha value is -2.57. The van der Waals surface area contributed by atoms with Crippen LogP contribution in [0, 0.1) is 6.92 Å². The van der Waals surface area contributed by atoms with Gasteiger partial charge in [0.25, 0.3) is 5.91 Å².